The molecule has 108 valence electrons. The van der Waals surface area contributed by atoms with Crippen molar-refractivity contribution < 1.29 is 4.74 Å². The maximum Gasteiger partial charge on any atom is 0.129 e. The van der Waals surface area contributed by atoms with Crippen LogP contribution in [0.3, 0.4) is 0 Å². The first-order valence-corrected chi connectivity index (χ1v) is 7.00. The fraction of sp³-hybridized carbons (Fsp3) is 0.438. The van der Waals surface area contributed by atoms with E-state index in [0.29, 0.717) is 12.5 Å². The molecule has 0 aliphatic rings. The summed E-state index contributed by atoms with van der Waals surface area (Å²) in [6.07, 6.45) is 0. The number of methoxy groups -OCH3 is 1. The molecular formula is C16H23N3O. The minimum absolute atomic E-state index is 0.579. The Morgan fingerprint density at radius 1 is 1.25 bits per heavy atom. The van der Waals surface area contributed by atoms with Crippen molar-refractivity contribution in [2.45, 2.75) is 13.8 Å². The van der Waals surface area contributed by atoms with Crippen molar-refractivity contribution in [1.82, 2.24) is 4.98 Å². The van der Waals surface area contributed by atoms with E-state index in [0.717, 1.165) is 35.5 Å². The van der Waals surface area contributed by atoms with Crippen LogP contribution in [0.15, 0.2) is 30.3 Å². The number of nitrogens with zero attached hydrogens (tertiary/aromatic N) is 2. The van der Waals surface area contributed by atoms with Crippen molar-refractivity contribution in [3.8, 4) is 0 Å². The Balaban J connectivity index is 2.29. The van der Waals surface area contributed by atoms with Gasteiger partial charge in [0.1, 0.15) is 5.82 Å². The number of rotatable bonds is 6. The number of fused-ring (bicyclic) bond motifs is 1. The van der Waals surface area contributed by atoms with Gasteiger partial charge in [-0.25, -0.2) is 4.98 Å². The van der Waals surface area contributed by atoms with E-state index in [1.54, 1.807) is 7.11 Å². The van der Waals surface area contributed by atoms with Crippen LogP contribution in [-0.2, 0) is 4.74 Å². The quantitative estimate of drug-likeness (QED) is 0.822. The molecule has 0 amide bonds. The molecule has 1 aromatic heterocycles. The average Bonchev–Trinajstić information content (AvgIpc) is 2.42. The maximum absolute atomic E-state index is 5.80. The van der Waals surface area contributed by atoms with Crippen LogP contribution in [0.1, 0.15) is 13.8 Å². The lowest BCUT2D eigenvalue weighted by Crippen LogP contribution is -2.31. The van der Waals surface area contributed by atoms with E-state index in [1.165, 1.54) is 0 Å². The minimum Gasteiger partial charge on any atom is -0.399 e. The molecule has 0 bridgehead atoms. The summed E-state index contributed by atoms with van der Waals surface area (Å²) >= 11 is 0. The third-order valence-electron chi connectivity index (χ3n) is 3.17. The summed E-state index contributed by atoms with van der Waals surface area (Å²) in [5.41, 5.74) is 7.54. The molecule has 0 fully saturated rings. The number of pyridine rings is 1. The molecule has 1 aromatic carbocycles. The van der Waals surface area contributed by atoms with Gasteiger partial charge in [0, 0.05) is 31.3 Å². The number of hydrogen-bond acceptors (Lipinski definition) is 4. The first-order chi connectivity index (χ1) is 9.60. The van der Waals surface area contributed by atoms with Gasteiger partial charge in [-0.3, -0.25) is 0 Å². The average molecular weight is 273 g/mol. The molecule has 0 spiro atoms. The summed E-state index contributed by atoms with van der Waals surface area (Å²) in [7, 11) is 1.73. The van der Waals surface area contributed by atoms with Gasteiger partial charge in [-0.05, 0) is 36.2 Å². The lowest BCUT2D eigenvalue weighted by atomic mass is 10.2. The fourth-order valence-corrected chi connectivity index (χ4v) is 2.25. The van der Waals surface area contributed by atoms with E-state index < -0.39 is 0 Å². The highest BCUT2D eigenvalue weighted by atomic mass is 16.5. The summed E-state index contributed by atoms with van der Waals surface area (Å²) in [4.78, 5) is 7.01. The van der Waals surface area contributed by atoms with Crippen molar-refractivity contribution in [2.75, 3.05) is 37.4 Å². The van der Waals surface area contributed by atoms with Gasteiger partial charge in [0.2, 0.25) is 0 Å². The summed E-state index contributed by atoms with van der Waals surface area (Å²) in [5.74, 6) is 1.57. The van der Waals surface area contributed by atoms with Crippen molar-refractivity contribution in [3.05, 3.63) is 30.3 Å². The topological polar surface area (TPSA) is 51.4 Å². The number of nitrogens with two attached hydrogens (primary N) is 1. The maximum atomic E-state index is 5.80. The Kier molecular flexibility index (Phi) is 4.79. The van der Waals surface area contributed by atoms with E-state index in [4.69, 9.17) is 15.5 Å². The molecule has 0 radical (unpaired) electrons. The molecule has 0 saturated carbocycles. The molecule has 4 nitrogen and oxygen atoms in total. The SMILES string of the molecule is COCCN(CC(C)C)c1ccc2cc(N)ccc2n1. The Hall–Kier alpha value is -1.81. The monoisotopic (exact) mass is 273 g/mol. The third kappa shape index (κ3) is 3.61. The van der Waals surface area contributed by atoms with Crippen LogP contribution in [0, 0.1) is 5.92 Å². The normalized spacial score (nSPS) is 11.2. The molecule has 2 aromatic rings. The molecule has 1 heterocycles. The molecule has 0 unspecified atom stereocenters. The summed E-state index contributed by atoms with van der Waals surface area (Å²) in [6.45, 7) is 6.94. The standard InChI is InChI=1S/C16H23N3O/c1-12(2)11-19(8-9-20-3)16-7-4-13-10-14(17)5-6-15(13)18-16/h4-7,10,12H,8-9,11,17H2,1-3H3. The lowest BCUT2D eigenvalue weighted by Gasteiger charge is -2.25. The number of ether oxygens (including phenoxy) is 1. The Morgan fingerprint density at radius 2 is 2.05 bits per heavy atom. The van der Waals surface area contributed by atoms with Crippen molar-refractivity contribution in [1.29, 1.82) is 0 Å². The molecule has 4 heteroatoms. The first kappa shape index (κ1) is 14.6. The van der Waals surface area contributed by atoms with E-state index in [1.807, 2.05) is 18.2 Å². The zero-order chi connectivity index (χ0) is 14.5. The van der Waals surface area contributed by atoms with Crippen LogP contribution in [0.2, 0.25) is 0 Å². The van der Waals surface area contributed by atoms with E-state index in [-0.39, 0.29) is 0 Å². The van der Waals surface area contributed by atoms with E-state index in [2.05, 4.69) is 30.9 Å². The first-order valence-electron chi connectivity index (χ1n) is 7.00. The fourth-order valence-electron chi connectivity index (χ4n) is 2.25. The Bertz CT molecular complexity index is 569. The Morgan fingerprint density at radius 3 is 2.75 bits per heavy atom. The van der Waals surface area contributed by atoms with Crippen molar-refractivity contribution in [2.24, 2.45) is 5.92 Å². The third-order valence-corrected chi connectivity index (χ3v) is 3.17. The molecule has 0 atom stereocenters. The van der Waals surface area contributed by atoms with Gasteiger partial charge in [0.15, 0.2) is 0 Å². The number of hydrogen-bond donors (Lipinski definition) is 1. The number of aromatic nitrogens is 1. The van der Waals surface area contributed by atoms with Gasteiger partial charge in [0.05, 0.1) is 12.1 Å². The van der Waals surface area contributed by atoms with E-state index >= 15 is 0 Å². The second kappa shape index (κ2) is 6.57. The number of anilines is 2. The number of benzene rings is 1. The van der Waals surface area contributed by atoms with Crippen LogP contribution in [-0.4, -0.2) is 31.8 Å². The summed E-state index contributed by atoms with van der Waals surface area (Å²) < 4.78 is 5.19. The molecule has 0 saturated heterocycles. The molecule has 0 aliphatic heterocycles. The lowest BCUT2D eigenvalue weighted by molar-refractivity contribution is 0.204. The molecule has 2 rings (SSSR count). The summed E-state index contributed by atoms with van der Waals surface area (Å²) in [6, 6.07) is 9.95. The van der Waals surface area contributed by atoms with Crippen molar-refractivity contribution >= 4 is 22.4 Å². The predicted molar refractivity (Wildman–Crippen MR) is 85.1 cm³/mol. The van der Waals surface area contributed by atoms with E-state index in [9.17, 15) is 0 Å². The van der Waals surface area contributed by atoms with Crippen molar-refractivity contribution in [3.63, 3.8) is 0 Å². The van der Waals surface area contributed by atoms with Crippen LogP contribution in [0.5, 0.6) is 0 Å². The highest BCUT2D eigenvalue weighted by molar-refractivity contribution is 5.83. The Labute approximate surface area is 120 Å². The van der Waals surface area contributed by atoms with Gasteiger partial charge in [-0.1, -0.05) is 13.8 Å². The second-order valence-corrected chi connectivity index (χ2v) is 5.45. The second-order valence-electron chi connectivity index (χ2n) is 5.45. The highest BCUT2D eigenvalue weighted by Gasteiger charge is 2.10. The minimum atomic E-state index is 0.579. The van der Waals surface area contributed by atoms with Gasteiger partial charge >= 0.3 is 0 Å². The molecular weight excluding hydrogens is 250 g/mol. The smallest absolute Gasteiger partial charge is 0.129 e. The van der Waals surface area contributed by atoms with Gasteiger partial charge in [-0.15, -0.1) is 0 Å². The largest absolute Gasteiger partial charge is 0.399 e. The molecule has 20 heavy (non-hydrogen) atoms. The van der Waals surface area contributed by atoms with Crippen LogP contribution < -0.4 is 10.6 Å². The van der Waals surface area contributed by atoms with Gasteiger partial charge < -0.3 is 15.4 Å². The number of nitrogen functional groups attached to an aromatic ring is 1. The highest BCUT2D eigenvalue weighted by Crippen LogP contribution is 2.20. The molecule has 2 N–H and O–H groups in total. The van der Waals surface area contributed by atoms with Gasteiger partial charge in [-0.2, -0.15) is 0 Å². The zero-order valence-electron chi connectivity index (χ0n) is 12.5. The predicted octanol–water partition coefficient (Wildman–Crippen LogP) is 2.93. The van der Waals surface area contributed by atoms with Crippen LogP contribution in [0.25, 0.3) is 10.9 Å². The van der Waals surface area contributed by atoms with Crippen LogP contribution >= 0.6 is 0 Å². The zero-order valence-corrected chi connectivity index (χ0v) is 12.5. The van der Waals surface area contributed by atoms with Crippen LogP contribution in [0.4, 0.5) is 11.5 Å². The van der Waals surface area contributed by atoms with Gasteiger partial charge in [0.25, 0.3) is 0 Å². The summed E-state index contributed by atoms with van der Waals surface area (Å²) in [5, 5.41) is 1.07. The molecule has 0 aliphatic carbocycles.